The third-order valence-corrected chi connectivity index (χ3v) is 4.68. The lowest BCUT2D eigenvalue weighted by atomic mass is 10.1. The number of halogens is 1. The van der Waals surface area contributed by atoms with Gasteiger partial charge in [0.2, 0.25) is 0 Å². The second-order valence-electron chi connectivity index (χ2n) is 6.34. The molecule has 0 aliphatic heterocycles. The van der Waals surface area contributed by atoms with Crippen molar-refractivity contribution in [3.8, 4) is 11.4 Å². The van der Waals surface area contributed by atoms with Crippen molar-refractivity contribution in [1.29, 1.82) is 0 Å². The second kappa shape index (κ2) is 6.77. The zero-order valence-electron chi connectivity index (χ0n) is 14.3. The van der Waals surface area contributed by atoms with Crippen molar-refractivity contribution in [1.82, 2.24) is 9.55 Å². The van der Waals surface area contributed by atoms with Crippen molar-refractivity contribution in [3.63, 3.8) is 0 Å². The minimum atomic E-state index is -0.0406. The SMILES string of the molecule is Cc1ccc(-c2nc3ccccc3c(=O)n2Cc2ccc(Cl)cc2)cc1. The summed E-state index contributed by atoms with van der Waals surface area (Å²) in [5.41, 5.74) is 3.76. The molecule has 4 heteroatoms. The zero-order chi connectivity index (χ0) is 18.1. The van der Waals surface area contributed by atoms with Gasteiger partial charge in [-0.15, -0.1) is 0 Å². The Hall–Kier alpha value is -2.91. The summed E-state index contributed by atoms with van der Waals surface area (Å²) >= 11 is 5.99. The Morgan fingerprint density at radius 2 is 1.62 bits per heavy atom. The van der Waals surface area contributed by atoms with Crippen molar-refractivity contribution >= 4 is 22.5 Å². The molecule has 0 aliphatic carbocycles. The highest BCUT2D eigenvalue weighted by Crippen LogP contribution is 2.21. The molecule has 0 saturated heterocycles. The average molecular weight is 361 g/mol. The topological polar surface area (TPSA) is 34.9 Å². The van der Waals surface area contributed by atoms with Gasteiger partial charge in [0.25, 0.3) is 5.56 Å². The molecule has 4 aromatic rings. The van der Waals surface area contributed by atoms with Gasteiger partial charge in [0.1, 0.15) is 5.82 Å². The third-order valence-electron chi connectivity index (χ3n) is 4.43. The Balaban J connectivity index is 1.94. The first kappa shape index (κ1) is 16.6. The Kier molecular flexibility index (Phi) is 4.31. The lowest BCUT2D eigenvalue weighted by molar-refractivity contribution is 0.759. The van der Waals surface area contributed by atoms with Crippen LogP contribution >= 0.6 is 11.6 Å². The number of nitrogens with zero attached hydrogens (tertiary/aromatic N) is 2. The molecule has 0 radical (unpaired) electrons. The molecule has 0 N–H and O–H groups in total. The predicted molar refractivity (Wildman–Crippen MR) is 107 cm³/mol. The molecule has 0 amide bonds. The van der Waals surface area contributed by atoms with Crippen LogP contribution in [0.25, 0.3) is 22.3 Å². The van der Waals surface area contributed by atoms with E-state index in [-0.39, 0.29) is 5.56 Å². The van der Waals surface area contributed by atoms with E-state index in [0.717, 1.165) is 11.1 Å². The number of aryl methyl sites for hydroxylation is 1. The summed E-state index contributed by atoms with van der Waals surface area (Å²) in [6.07, 6.45) is 0. The standard InChI is InChI=1S/C22H17ClN2O/c1-15-6-10-17(11-7-15)21-24-20-5-3-2-4-19(20)22(26)25(21)14-16-8-12-18(23)13-9-16/h2-13H,14H2,1H3. The Bertz CT molecular complexity index is 1130. The normalized spacial score (nSPS) is 11.0. The molecule has 0 aliphatic rings. The quantitative estimate of drug-likeness (QED) is 0.511. The minimum Gasteiger partial charge on any atom is -0.288 e. The van der Waals surface area contributed by atoms with E-state index in [0.29, 0.717) is 28.3 Å². The zero-order valence-corrected chi connectivity index (χ0v) is 15.1. The van der Waals surface area contributed by atoms with Crippen LogP contribution in [-0.2, 0) is 6.54 Å². The summed E-state index contributed by atoms with van der Waals surface area (Å²) in [7, 11) is 0. The van der Waals surface area contributed by atoms with Crippen LogP contribution < -0.4 is 5.56 Å². The first-order valence-electron chi connectivity index (χ1n) is 8.43. The van der Waals surface area contributed by atoms with Gasteiger partial charge in [0.05, 0.1) is 17.4 Å². The molecule has 26 heavy (non-hydrogen) atoms. The van der Waals surface area contributed by atoms with Gasteiger partial charge < -0.3 is 0 Å². The van der Waals surface area contributed by atoms with Crippen LogP contribution in [0.5, 0.6) is 0 Å². The molecular weight excluding hydrogens is 344 g/mol. The smallest absolute Gasteiger partial charge is 0.261 e. The molecule has 1 heterocycles. The molecule has 1 aromatic heterocycles. The Labute approximate surface area is 156 Å². The van der Waals surface area contributed by atoms with E-state index in [2.05, 4.69) is 0 Å². The van der Waals surface area contributed by atoms with Gasteiger partial charge >= 0.3 is 0 Å². The number of rotatable bonds is 3. The maximum absolute atomic E-state index is 13.2. The van der Waals surface area contributed by atoms with Crippen LogP contribution in [0.15, 0.2) is 77.6 Å². The van der Waals surface area contributed by atoms with E-state index in [1.54, 1.807) is 4.57 Å². The highest BCUT2D eigenvalue weighted by atomic mass is 35.5. The number of fused-ring (bicyclic) bond motifs is 1. The number of para-hydroxylation sites is 1. The first-order valence-corrected chi connectivity index (χ1v) is 8.81. The van der Waals surface area contributed by atoms with Crippen LogP contribution in [0.1, 0.15) is 11.1 Å². The lowest BCUT2D eigenvalue weighted by Crippen LogP contribution is -2.24. The van der Waals surface area contributed by atoms with E-state index in [1.807, 2.05) is 79.7 Å². The Morgan fingerprint density at radius 1 is 0.923 bits per heavy atom. The van der Waals surface area contributed by atoms with Gasteiger partial charge in [-0.2, -0.15) is 0 Å². The Morgan fingerprint density at radius 3 is 2.35 bits per heavy atom. The highest BCUT2D eigenvalue weighted by molar-refractivity contribution is 6.30. The van der Waals surface area contributed by atoms with Crippen LogP contribution in [0.2, 0.25) is 5.02 Å². The predicted octanol–water partition coefficient (Wildman–Crippen LogP) is 5.07. The van der Waals surface area contributed by atoms with Gasteiger partial charge in [-0.3, -0.25) is 9.36 Å². The van der Waals surface area contributed by atoms with E-state index in [9.17, 15) is 4.79 Å². The fourth-order valence-electron chi connectivity index (χ4n) is 3.01. The molecule has 0 saturated carbocycles. The van der Waals surface area contributed by atoms with E-state index >= 15 is 0 Å². The molecule has 0 spiro atoms. The number of aromatic nitrogens is 2. The molecule has 4 rings (SSSR count). The molecule has 0 fully saturated rings. The molecule has 128 valence electrons. The maximum Gasteiger partial charge on any atom is 0.261 e. The van der Waals surface area contributed by atoms with Gasteiger partial charge in [-0.1, -0.05) is 65.7 Å². The van der Waals surface area contributed by atoms with Crippen LogP contribution in [0.3, 0.4) is 0 Å². The molecule has 0 bridgehead atoms. The molecule has 0 atom stereocenters. The largest absolute Gasteiger partial charge is 0.288 e. The summed E-state index contributed by atoms with van der Waals surface area (Å²) in [5, 5.41) is 1.30. The van der Waals surface area contributed by atoms with Crippen LogP contribution in [-0.4, -0.2) is 9.55 Å². The summed E-state index contributed by atoms with van der Waals surface area (Å²) in [6, 6.07) is 23.1. The van der Waals surface area contributed by atoms with Crippen LogP contribution in [0.4, 0.5) is 0 Å². The molecule has 3 nitrogen and oxygen atoms in total. The van der Waals surface area contributed by atoms with E-state index in [4.69, 9.17) is 16.6 Å². The second-order valence-corrected chi connectivity index (χ2v) is 6.77. The van der Waals surface area contributed by atoms with E-state index in [1.165, 1.54) is 5.56 Å². The maximum atomic E-state index is 13.2. The molecule has 3 aromatic carbocycles. The monoisotopic (exact) mass is 360 g/mol. The van der Waals surface area contributed by atoms with E-state index < -0.39 is 0 Å². The van der Waals surface area contributed by atoms with Crippen molar-refractivity contribution in [3.05, 3.63) is 99.3 Å². The number of hydrogen-bond donors (Lipinski definition) is 0. The molecular formula is C22H17ClN2O. The summed E-state index contributed by atoms with van der Waals surface area (Å²) in [4.78, 5) is 17.9. The first-order chi connectivity index (χ1) is 12.6. The lowest BCUT2D eigenvalue weighted by Gasteiger charge is -2.14. The number of hydrogen-bond acceptors (Lipinski definition) is 2. The third kappa shape index (κ3) is 3.14. The summed E-state index contributed by atoms with van der Waals surface area (Å²) < 4.78 is 1.73. The minimum absolute atomic E-state index is 0.0406. The van der Waals surface area contributed by atoms with Gasteiger partial charge in [-0.25, -0.2) is 4.98 Å². The van der Waals surface area contributed by atoms with Crippen molar-refractivity contribution in [2.24, 2.45) is 0 Å². The van der Waals surface area contributed by atoms with Gasteiger partial charge in [-0.05, 0) is 36.8 Å². The van der Waals surface area contributed by atoms with Crippen molar-refractivity contribution in [2.45, 2.75) is 13.5 Å². The number of benzene rings is 3. The average Bonchev–Trinajstić information content (AvgIpc) is 2.66. The van der Waals surface area contributed by atoms with Crippen LogP contribution in [0, 0.1) is 6.92 Å². The summed E-state index contributed by atoms with van der Waals surface area (Å²) in [6.45, 7) is 2.48. The van der Waals surface area contributed by atoms with Crippen molar-refractivity contribution < 1.29 is 0 Å². The highest BCUT2D eigenvalue weighted by Gasteiger charge is 2.13. The molecule has 0 unspecified atom stereocenters. The fourth-order valence-corrected chi connectivity index (χ4v) is 3.14. The van der Waals surface area contributed by atoms with Gasteiger partial charge in [0.15, 0.2) is 0 Å². The summed E-state index contributed by atoms with van der Waals surface area (Å²) in [5.74, 6) is 0.670. The fraction of sp³-hybridized carbons (Fsp3) is 0.0909. The van der Waals surface area contributed by atoms with Gasteiger partial charge in [0, 0.05) is 10.6 Å². The van der Waals surface area contributed by atoms with Crippen molar-refractivity contribution in [2.75, 3.05) is 0 Å².